The quantitative estimate of drug-likeness (QED) is 0.736. The highest BCUT2D eigenvalue weighted by atomic mass is 35.5. The molecule has 2 N–H and O–H groups in total. The van der Waals surface area contributed by atoms with Gasteiger partial charge in [-0.3, -0.25) is 0 Å². The van der Waals surface area contributed by atoms with Crippen LogP contribution in [0.2, 0.25) is 5.02 Å². The van der Waals surface area contributed by atoms with Gasteiger partial charge in [-0.1, -0.05) is 11.6 Å². The number of halogens is 4. The van der Waals surface area contributed by atoms with E-state index in [0.29, 0.717) is 25.9 Å². The van der Waals surface area contributed by atoms with Gasteiger partial charge in [0.05, 0.1) is 16.7 Å². The summed E-state index contributed by atoms with van der Waals surface area (Å²) in [5, 5.41) is 4.81. The summed E-state index contributed by atoms with van der Waals surface area (Å²) in [5.74, 6) is 0. The molecule has 1 aromatic rings. The Kier molecular flexibility index (Phi) is 7.03. The zero-order valence-electron chi connectivity index (χ0n) is 15.8. The largest absolute Gasteiger partial charge is 0.447 e. The number of hydrogen-bond acceptors (Lipinski definition) is 3. The van der Waals surface area contributed by atoms with Crippen molar-refractivity contribution in [1.82, 2.24) is 10.2 Å². The van der Waals surface area contributed by atoms with Crippen molar-refractivity contribution in [3.63, 3.8) is 0 Å². The summed E-state index contributed by atoms with van der Waals surface area (Å²) in [6, 6.07) is 1.29. The lowest BCUT2D eigenvalue weighted by Gasteiger charge is -2.32. The first-order valence-electron chi connectivity index (χ1n) is 8.87. The van der Waals surface area contributed by atoms with Crippen LogP contribution < -0.4 is 10.6 Å². The molecule has 1 fully saturated rings. The Morgan fingerprint density at radius 2 is 1.86 bits per heavy atom. The Hall–Kier alpha value is -2.16. The fourth-order valence-corrected chi connectivity index (χ4v) is 3.13. The number of nitrogens with one attached hydrogen (secondary N) is 2. The predicted octanol–water partition coefficient (Wildman–Crippen LogP) is 4.80. The third-order valence-electron chi connectivity index (χ3n) is 4.29. The van der Waals surface area contributed by atoms with Crippen molar-refractivity contribution >= 4 is 29.4 Å². The molecule has 0 unspecified atom stereocenters. The van der Waals surface area contributed by atoms with Crippen molar-refractivity contribution in [2.45, 2.75) is 51.9 Å². The summed E-state index contributed by atoms with van der Waals surface area (Å²) < 4.78 is 43.7. The number of amides is 3. The van der Waals surface area contributed by atoms with Crippen molar-refractivity contribution in [1.29, 1.82) is 0 Å². The average Bonchev–Trinajstić information content (AvgIpc) is 2.56. The van der Waals surface area contributed by atoms with Gasteiger partial charge in [-0.05, 0) is 51.3 Å². The maximum absolute atomic E-state index is 12.9. The minimum atomic E-state index is -4.56. The van der Waals surface area contributed by atoms with E-state index in [2.05, 4.69) is 10.6 Å². The first-order valence-corrected chi connectivity index (χ1v) is 9.25. The monoisotopic (exact) mass is 421 g/mol. The summed E-state index contributed by atoms with van der Waals surface area (Å²) in [4.78, 5) is 25.6. The van der Waals surface area contributed by atoms with Gasteiger partial charge in [0.25, 0.3) is 0 Å². The van der Waals surface area contributed by atoms with Gasteiger partial charge in [0, 0.05) is 24.8 Å². The van der Waals surface area contributed by atoms with E-state index in [1.54, 1.807) is 18.7 Å². The Morgan fingerprint density at radius 1 is 1.25 bits per heavy atom. The Bertz CT molecular complexity index is 733. The van der Waals surface area contributed by atoms with Crippen LogP contribution in [0, 0.1) is 6.92 Å². The summed E-state index contributed by atoms with van der Waals surface area (Å²) in [6.07, 6.45) is -4.05. The molecule has 0 radical (unpaired) electrons. The highest BCUT2D eigenvalue weighted by molar-refractivity contribution is 6.31. The highest BCUT2D eigenvalue weighted by Gasteiger charge is 2.34. The molecule has 1 heterocycles. The molecule has 28 heavy (non-hydrogen) atoms. The summed E-state index contributed by atoms with van der Waals surface area (Å²) in [5.41, 5.74) is -0.496. The molecule has 1 aromatic carbocycles. The fraction of sp³-hybridized carbons (Fsp3) is 0.556. The number of anilines is 1. The van der Waals surface area contributed by atoms with E-state index < -0.39 is 22.8 Å². The van der Waals surface area contributed by atoms with Crippen LogP contribution in [-0.4, -0.2) is 42.3 Å². The molecule has 0 saturated carbocycles. The number of benzene rings is 1. The van der Waals surface area contributed by atoms with Crippen LogP contribution in [-0.2, 0) is 10.9 Å². The number of ether oxygens (including phenoxy) is 1. The van der Waals surface area contributed by atoms with Crippen molar-refractivity contribution in [2.24, 2.45) is 0 Å². The number of likely N-dealkylation sites (tertiary alicyclic amines) is 1. The van der Waals surface area contributed by atoms with E-state index in [9.17, 15) is 22.8 Å². The molecule has 1 saturated heterocycles. The third-order valence-corrected chi connectivity index (χ3v) is 4.61. The van der Waals surface area contributed by atoms with E-state index in [1.807, 2.05) is 0 Å². The minimum Gasteiger partial charge on any atom is -0.447 e. The number of alkyl halides is 3. The van der Waals surface area contributed by atoms with E-state index in [4.69, 9.17) is 16.3 Å². The lowest BCUT2D eigenvalue weighted by atomic mass is 10.1. The zero-order valence-corrected chi connectivity index (χ0v) is 16.6. The summed E-state index contributed by atoms with van der Waals surface area (Å²) in [6.45, 7) is 5.89. The minimum absolute atomic E-state index is 0.159. The number of carbonyl (C=O) groups excluding carboxylic acids is 2. The molecule has 0 aromatic heterocycles. The van der Waals surface area contributed by atoms with Crippen LogP contribution in [0.25, 0.3) is 0 Å². The van der Waals surface area contributed by atoms with E-state index >= 15 is 0 Å². The summed E-state index contributed by atoms with van der Waals surface area (Å²) in [7, 11) is 0. The number of urea groups is 1. The summed E-state index contributed by atoms with van der Waals surface area (Å²) >= 11 is 5.70. The normalized spacial score (nSPS) is 15.5. The second-order valence-electron chi connectivity index (χ2n) is 6.94. The van der Waals surface area contributed by atoms with Gasteiger partial charge in [-0.2, -0.15) is 13.2 Å². The van der Waals surface area contributed by atoms with Gasteiger partial charge >= 0.3 is 18.3 Å². The highest BCUT2D eigenvalue weighted by Crippen LogP contribution is 2.37. The second kappa shape index (κ2) is 8.89. The van der Waals surface area contributed by atoms with Gasteiger partial charge in [0.1, 0.15) is 0 Å². The molecule has 6 nitrogen and oxygen atoms in total. The van der Waals surface area contributed by atoms with Crippen molar-refractivity contribution < 1.29 is 27.5 Å². The van der Waals surface area contributed by atoms with Gasteiger partial charge < -0.3 is 20.3 Å². The van der Waals surface area contributed by atoms with Gasteiger partial charge in [-0.25, -0.2) is 9.59 Å². The van der Waals surface area contributed by atoms with Crippen LogP contribution in [0.4, 0.5) is 28.4 Å². The number of piperidine rings is 1. The van der Waals surface area contributed by atoms with E-state index in [0.717, 1.165) is 12.1 Å². The van der Waals surface area contributed by atoms with E-state index in [-0.39, 0.29) is 29.5 Å². The van der Waals surface area contributed by atoms with Crippen LogP contribution in [0.5, 0.6) is 0 Å². The van der Waals surface area contributed by atoms with Crippen LogP contribution in [0.3, 0.4) is 0 Å². The number of aryl methyl sites for hydroxylation is 1. The maximum atomic E-state index is 12.9. The van der Waals surface area contributed by atoms with Gasteiger partial charge in [0.15, 0.2) is 0 Å². The SMILES string of the molecule is Cc1cc(C(F)(F)F)c(Cl)cc1NC(=O)NC1CCN(C(=O)OC(C)C)CC1. The lowest BCUT2D eigenvalue weighted by molar-refractivity contribution is -0.137. The Balaban J connectivity index is 1.90. The zero-order chi connectivity index (χ0) is 21.1. The first-order chi connectivity index (χ1) is 13.0. The van der Waals surface area contributed by atoms with Crippen LogP contribution in [0.1, 0.15) is 37.8 Å². The smallest absolute Gasteiger partial charge is 0.417 e. The van der Waals surface area contributed by atoms with Gasteiger partial charge in [0.2, 0.25) is 0 Å². The maximum Gasteiger partial charge on any atom is 0.417 e. The van der Waals surface area contributed by atoms with Crippen molar-refractivity contribution in [3.8, 4) is 0 Å². The Morgan fingerprint density at radius 3 is 2.39 bits per heavy atom. The molecular weight excluding hydrogens is 399 g/mol. The molecule has 0 atom stereocenters. The molecular formula is C18H23ClF3N3O3. The van der Waals surface area contributed by atoms with Gasteiger partial charge in [-0.15, -0.1) is 0 Å². The molecule has 1 aliphatic heterocycles. The van der Waals surface area contributed by atoms with Crippen molar-refractivity contribution in [2.75, 3.05) is 18.4 Å². The van der Waals surface area contributed by atoms with Crippen LogP contribution >= 0.6 is 11.6 Å². The number of nitrogens with zero attached hydrogens (tertiary/aromatic N) is 1. The molecule has 3 amide bonds. The number of hydrogen-bond donors (Lipinski definition) is 2. The number of carbonyl (C=O) groups is 2. The topological polar surface area (TPSA) is 70.7 Å². The predicted molar refractivity (Wildman–Crippen MR) is 99.6 cm³/mol. The molecule has 2 rings (SSSR count). The lowest BCUT2D eigenvalue weighted by Crippen LogP contribution is -2.48. The van der Waals surface area contributed by atoms with Crippen molar-refractivity contribution in [3.05, 3.63) is 28.3 Å². The second-order valence-corrected chi connectivity index (χ2v) is 7.34. The number of rotatable bonds is 3. The molecule has 0 aliphatic carbocycles. The molecule has 1 aliphatic rings. The molecule has 10 heteroatoms. The average molecular weight is 422 g/mol. The van der Waals surface area contributed by atoms with Crippen LogP contribution in [0.15, 0.2) is 12.1 Å². The third kappa shape index (κ3) is 5.92. The molecule has 0 bridgehead atoms. The van der Waals surface area contributed by atoms with E-state index in [1.165, 1.54) is 6.92 Å². The molecule has 0 spiro atoms. The standard InChI is InChI=1S/C18H23ClF3N3O3/c1-10(2)28-17(27)25-6-4-12(5-7-25)23-16(26)24-15-9-14(19)13(8-11(15)3)18(20,21)22/h8-10,12H,4-7H2,1-3H3,(H2,23,24,26). The Labute approximate surface area is 166 Å². The molecule has 156 valence electrons. The first kappa shape index (κ1) is 22.1. The fourth-order valence-electron chi connectivity index (χ4n) is 2.86.